The second kappa shape index (κ2) is 3.37. The van der Waals surface area contributed by atoms with Crippen molar-refractivity contribution in [2.75, 3.05) is 13.1 Å². The summed E-state index contributed by atoms with van der Waals surface area (Å²) in [4.78, 5) is 11.6. The quantitative estimate of drug-likeness (QED) is 0.688. The van der Waals surface area contributed by atoms with Crippen molar-refractivity contribution in [1.82, 2.24) is 10.6 Å². The van der Waals surface area contributed by atoms with Crippen LogP contribution in [0.2, 0.25) is 0 Å². The maximum atomic E-state index is 11.6. The molecule has 0 aromatic carbocycles. The Morgan fingerprint density at radius 3 is 2.87 bits per heavy atom. The lowest BCUT2D eigenvalue weighted by molar-refractivity contribution is 0.0486. The molecule has 86 valence electrons. The molecular formula is C11H20N2O2. The first-order valence-electron chi connectivity index (χ1n) is 5.63. The van der Waals surface area contributed by atoms with Crippen LogP contribution in [-0.4, -0.2) is 30.3 Å². The Hall–Kier alpha value is -0.770. The zero-order valence-electron chi connectivity index (χ0n) is 9.72. The first-order chi connectivity index (χ1) is 6.91. The highest BCUT2D eigenvalue weighted by molar-refractivity contribution is 5.69. The van der Waals surface area contributed by atoms with Gasteiger partial charge in [0.2, 0.25) is 0 Å². The van der Waals surface area contributed by atoms with Gasteiger partial charge in [0.15, 0.2) is 0 Å². The molecule has 1 aliphatic carbocycles. The fraction of sp³-hybridized carbons (Fsp3) is 0.909. The van der Waals surface area contributed by atoms with Gasteiger partial charge in [-0.25, -0.2) is 4.79 Å². The fourth-order valence-corrected chi connectivity index (χ4v) is 2.27. The van der Waals surface area contributed by atoms with Gasteiger partial charge in [0.1, 0.15) is 5.60 Å². The number of ether oxygens (including phenoxy) is 1. The molecule has 0 bridgehead atoms. The van der Waals surface area contributed by atoms with Crippen LogP contribution < -0.4 is 10.6 Å². The Kier molecular flexibility index (Phi) is 2.41. The molecule has 2 fully saturated rings. The summed E-state index contributed by atoms with van der Waals surface area (Å²) in [7, 11) is 0. The molecule has 1 saturated heterocycles. The number of piperidine rings is 1. The lowest BCUT2D eigenvalue weighted by Gasteiger charge is -2.26. The molecule has 0 aromatic rings. The van der Waals surface area contributed by atoms with Crippen LogP contribution >= 0.6 is 0 Å². The molecule has 1 aliphatic heterocycles. The molecule has 2 N–H and O–H groups in total. The van der Waals surface area contributed by atoms with Crippen LogP contribution in [0.25, 0.3) is 0 Å². The van der Waals surface area contributed by atoms with Gasteiger partial charge < -0.3 is 15.4 Å². The van der Waals surface area contributed by atoms with Gasteiger partial charge in [0.25, 0.3) is 0 Å². The normalized spacial score (nSPS) is 34.2. The van der Waals surface area contributed by atoms with Gasteiger partial charge in [-0.3, -0.25) is 0 Å². The number of hydrogen-bond acceptors (Lipinski definition) is 3. The Labute approximate surface area is 90.8 Å². The Morgan fingerprint density at radius 2 is 2.27 bits per heavy atom. The summed E-state index contributed by atoms with van der Waals surface area (Å²) in [5.41, 5.74) is -0.409. The molecule has 1 heterocycles. The molecule has 1 saturated carbocycles. The summed E-state index contributed by atoms with van der Waals surface area (Å²) < 4.78 is 5.25. The molecule has 2 rings (SSSR count). The summed E-state index contributed by atoms with van der Waals surface area (Å²) in [5.74, 6) is 0.659. The van der Waals surface area contributed by atoms with E-state index in [-0.39, 0.29) is 11.6 Å². The molecule has 0 radical (unpaired) electrons. The van der Waals surface area contributed by atoms with Crippen molar-refractivity contribution in [3.63, 3.8) is 0 Å². The maximum Gasteiger partial charge on any atom is 0.408 e. The van der Waals surface area contributed by atoms with Crippen molar-refractivity contribution in [3.8, 4) is 0 Å². The van der Waals surface area contributed by atoms with E-state index in [0.29, 0.717) is 5.92 Å². The average molecular weight is 212 g/mol. The minimum Gasteiger partial charge on any atom is -0.444 e. The smallest absolute Gasteiger partial charge is 0.408 e. The van der Waals surface area contributed by atoms with Gasteiger partial charge in [-0.15, -0.1) is 0 Å². The summed E-state index contributed by atoms with van der Waals surface area (Å²) >= 11 is 0. The number of carbonyl (C=O) groups excluding carboxylic acids is 1. The van der Waals surface area contributed by atoms with Gasteiger partial charge in [0.05, 0.1) is 5.54 Å². The van der Waals surface area contributed by atoms with E-state index in [2.05, 4.69) is 10.6 Å². The largest absolute Gasteiger partial charge is 0.444 e. The molecule has 4 nitrogen and oxygen atoms in total. The van der Waals surface area contributed by atoms with Crippen molar-refractivity contribution < 1.29 is 9.53 Å². The van der Waals surface area contributed by atoms with E-state index >= 15 is 0 Å². The van der Waals surface area contributed by atoms with Crippen LogP contribution in [0, 0.1) is 5.92 Å². The predicted molar refractivity (Wildman–Crippen MR) is 57.7 cm³/mol. The third-order valence-corrected chi connectivity index (χ3v) is 3.09. The van der Waals surface area contributed by atoms with Crippen molar-refractivity contribution in [2.24, 2.45) is 5.92 Å². The van der Waals surface area contributed by atoms with Crippen molar-refractivity contribution >= 4 is 6.09 Å². The molecule has 0 aromatic heterocycles. The number of carbonyl (C=O) groups is 1. The first-order valence-corrected chi connectivity index (χ1v) is 5.63. The standard InChI is InChI=1S/C11H20N2O2/c1-10(2,3)15-9(14)13-11-6-8(11)4-5-12-7-11/h8,12H,4-7H2,1-3H3,(H,13,14)/t8-,11+/m1/s1. The monoisotopic (exact) mass is 212 g/mol. The lowest BCUT2D eigenvalue weighted by atomic mass is 10.1. The molecule has 0 unspecified atom stereocenters. The molecule has 4 heteroatoms. The highest BCUT2D eigenvalue weighted by Gasteiger charge is 2.56. The van der Waals surface area contributed by atoms with Crippen LogP contribution in [0.4, 0.5) is 4.79 Å². The van der Waals surface area contributed by atoms with Crippen LogP contribution in [0.5, 0.6) is 0 Å². The van der Waals surface area contributed by atoms with Gasteiger partial charge in [-0.1, -0.05) is 0 Å². The van der Waals surface area contributed by atoms with E-state index in [1.54, 1.807) is 0 Å². The molecule has 15 heavy (non-hydrogen) atoms. The Bertz CT molecular complexity index is 272. The number of nitrogens with one attached hydrogen (secondary N) is 2. The van der Waals surface area contributed by atoms with E-state index in [1.807, 2.05) is 20.8 Å². The second-order valence-electron chi connectivity index (χ2n) is 5.65. The average Bonchev–Trinajstić information content (AvgIpc) is 2.73. The molecule has 2 atom stereocenters. The predicted octanol–water partition coefficient (Wildman–Crippen LogP) is 1.26. The van der Waals surface area contributed by atoms with E-state index in [4.69, 9.17) is 4.74 Å². The number of rotatable bonds is 1. The van der Waals surface area contributed by atoms with Crippen LogP contribution in [-0.2, 0) is 4.74 Å². The Morgan fingerprint density at radius 1 is 1.53 bits per heavy atom. The third kappa shape index (κ3) is 2.43. The number of alkyl carbamates (subject to hydrolysis) is 1. The molecule has 1 amide bonds. The van der Waals surface area contributed by atoms with Crippen molar-refractivity contribution in [2.45, 2.75) is 44.8 Å². The van der Waals surface area contributed by atoms with E-state index < -0.39 is 5.60 Å². The highest BCUT2D eigenvalue weighted by Crippen LogP contribution is 2.47. The molecular weight excluding hydrogens is 192 g/mol. The summed E-state index contributed by atoms with van der Waals surface area (Å²) in [6.45, 7) is 7.61. The van der Waals surface area contributed by atoms with Gasteiger partial charge >= 0.3 is 6.09 Å². The van der Waals surface area contributed by atoms with Crippen LogP contribution in [0.15, 0.2) is 0 Å². The Balaban J connectivity index is 1.85. The highest BCUT2D eigenvalue weighted by atomic mass is 16.6. The summed E-state index contributed by atoms with van der Waals surface area (Å²) in [6.07, 6.45) is 1.98. The molecule has 0 spiro atoms. The summed E-state index contributed by atoms with van der Waals surface area (Å²) in [6, 6.07) is 0. The van der Waals surface area contributed by atoms with Crippen molar-refractivity contribution in [3.05, 3.63) is 0 Å². The topological polar surface area (TPSA) is 50.4 Å². The lowest BCUT2D eigenvalue weighted by Crippen LogP contribution is -2.50. The zero-order chi connectivity index (χ0) is 11.1. The number of amides is 1. The van der Waals surface area contributed by atoms with Crippen molar-refractivity contribution in [1.29, 1.82) is 0 Å². The minimum absolute atomic E-state index is 0.000579. The fourth-order valence-electron chi connectivity index (χ4n) is 2.27. The van der Waals surface area contributed by atoms with E-state index in [9.17, 15) is 4.79 Å². The first kappa shape index (κ1) is 10.7. The maximum absolute atomic E-state index is 11.6. The number of hydrogen-bond donors (Lipinski definition) is 2. The SMILES string of the molecule is CC(C)(C)OC(=O)N[C@@]12CNCC[C@@H]1C2. The zero-order valence-corrected chi connectivity index (χ0v) is 9.72. The molecule has 2 aliphatic rings. The van der Waals surface area contributed by atoms with Gasteiger partial charge in [-0.05, 0) is 46.1 Å². The summed E-state index contributed by atoms with van der Waals surface area (Å²) in [5, 5.41) is 6.32. The van der Waals surface area contributed by atoms with Gasteiger partial charge in [-0.2, -0.15) is 0 Å². The van der Waals surface area contributed by atoms with E-state index in [1.165, 1.54) is 0 Å². The second-order valence-corrected chi connectivity index (χ2v) is 5.65. The van der Waals surface area contributed by atoms with Gasteiger partial charge in [0, 0.05) is 6.54 Å². The third-order valence-electron chi connectivity index (χ3n) is 3.09. The van der Waals surface area contributed by atoms with Crippen LogP contribution in [0.3, 0.4) is 0 Å². The van der Waals surface area contributed by atoms with E-state index in [0.717, 1.165) is 25.9 Å². The van der Waals surface area contributed by atoms with Crippen LogP contribution in [0.1, 0.15) is 33.6 Å². The number of fused-ring (bicyclic) bond motifs is 1. The minimum atomic E-state index is -0.410.